The molecule has 2 aromatic rings. The minimum Gasteiger partial charge on any atom is -0.376 e. The first-order valence-corrected chi connectivity index (χ1v) is 10.6. The van der Waals surface area contributed by atoms with Gasteiger partial charge in [0.2, 0.25) is 11.1 Å². The van der Waals surface area contributed by atoms with E-state index in [1.165, 1.54) is 23.7 Å². The number of nitrogens with one attached hydrogen (secondary N) is 1. The molecule has 0 bridgehead atoms. The lowest BCUT2D eigenvalue weighted by Crippen LogP contribution is -2.46. The summed E-state index contributed by atoms with van der Waals surface area (Å²) in [6.45, 7) is 2.15. The predicted octanol–water partition coefficient (Wildman–Crippen LogP) is 2.18. The molecule has 1 aliphatic heterocycles. The van der Waals surface area contributed by atoms with Crippen LogP contribution in [0.15, 0.2) is 35.5 Å². The van der Waals surface area contributed by atoms with Gasteiger partial charge in [-0.2, -0.15) is 0 Å². The Balaban J connectivity index is 1.27. The van der Waals surface area contributed by atoms with E-state index in [1.54, 1.807) is 4.68 Å². The Morgan fingerprint density at radius 2 is 2.15 bits per heavy atom. The van der Waals surface area contributed by atoms with Crippen LogP contribution in [0.3, 0.4) is 0 Å². The lowest BCUT2D eigenvalue weighted by molar-refractivity contribution is -0.119. The zero-order valence-electron chi connectivity index (χ0n) is 15.3. The molecule has 0 radical (unpaired) electrons. The minimum atomic E-state index is 0.0221. The van der Waals surface area contributed by atoms with Crippen LogP contribution in [0.1, 0.15) is 37.7 Å². The number of thioether (sulfide) groups is 1. The van der Waals surface area contributed by atoms with Gasteiger partial charge in [0.05, 0.1) is 18.4 Å². The zero-order valence-corrected chi connectivity index (χ0v) is 16.2. The van der Waals surface area contributed by atoms with E-state index in [9.17, 15) is 4.79 Å². The van der Waals surface area contributed by atoms with Gasteiger partial charge in [-0.25, -0.2) is 4.68 Å². The van der Waals surface area contributed by atoms with Crippen molar-refractivity contribution in [2.75, 3.05) is 18.9 Å². The van der Waals surface area contributed by atoms with Gasteiger partial charge in [-0.05, 0) is 41.7 Å². The number of hydrogen-bond donors (Lipinski definition) is 1. The van der Waals surface area contributed by atoms with Crippen LogP contribution in [0.25, 0.3) is 0 Å². The van der Waals surface area contributed by atoms with E-state index in [1.807, 2.05) is 6.07 Å². The van der Waals surface area contributed by atoms with Crippen LogP contribution in [0.2, 0.25) is 0 Å². The molecule has 2 heterocycles. The molecule has 1 unspecified atom stereocenters. The SMILES string of the molecule is O=C(CSc1nnnn1CC1CCCO1)NCC1(c2ccccc2)CCC1. The Hall–Kier alpha value is -1.93. The van der Waals surface area contributed by atoms with Gasteiger partial charge in [0, 0.05) is 18.6 Å². The third kappa shape index (κ3) is 4.32. The number of carbonyl (C=O) groups is 1. The molecule has 2 fully saturated rings. The fraction of sp³-hybridized carbons (Fsp3) is 0.579. The Labute approximate surface area is 163 Å². The number of rotatable bonds is 8. The van der Waals surface area contributed by atoms with E-state index >= 15 is 0 Å². The topological polar surface area (TPSA) is 81.9 Å². The van der Waals surface area contributed by atoms with E-state index in [2.05, 4.69) is 45.1 Å². The van der Waals surface area contributed by atoms with Crippen LogP contribution in [0, 0.1) is 0 Å². The summed E-state index contributed by atoms with van der Waals surface area (Å²) in [5, 5.41) is 15.6. The molecule has 1 aliphatic carbocycles. The first-order chi connectivity index (χ1) is 13.3. The highest BCUT2D eigenvalue weighted by Crippen LogP contribution is 2.43. The van der Waals surface area contributed by atoms with Crippen LogP contribution in [0.4, 0.5) is 0 Å². The maximum atomic E-state index is 12.4. The number of ether oxygens (including phenoxy) is 1. The van der Waals surface area contributed by atoms with Gasteiger partial charge in [0.25, 0.3) is 0 Å². The Morgan fingerprint density at radius 1 is 1.30 bits per heavy atom. The fourth-order valence-corrected chi connectivity index (χ4v) is 4.52. The Bertz CT molecular complexity index is 756. The molecule has 0 spiro atoms. The summed E-state index contributed by atoms with van der Waals surface area (Å²) < 4.78 is 7.38. The third-order valence-corrected chi connectivity index (χ3v) is 6.51. The van der Waals surface area contributed by atoms with Crippen molar-refractivity contribution >= 4 is 17.7 Å². The zero-order chi connectivity index (χ0) is 18.5. The first-order valence-electron chi connectivity index (χ1n) is 9.58. The van der Waals surface area contributed by atoms with Crippen molar-refractivity contribution in [1.82, 2.24) is 25.5 Å². The average Bonchev–Trinajstić information content (AvgIpc) is 3.32. The fourth-order valence-electron chi connectivity index (χ4n) is 3.81. The van der Waals surface area contributed by atoms with Crippen molar-refractivity contribution in [3.8, 4) is 0 Å². The first kappa shape index (κ1) is 18.4. The molecule has 2 aliphatic rings. The molecule has 1 aromatic heterocycles. The minimum absolute atomic E-state index is 0.0221. The summed E-state index contributed by atoms with van der Waals surface area (Å²) >= 11 is 1.38. The largest absolute Gasteiger partial charge is 0.376 e. The molecule has 27 heavy (non-hydrogen) atoms. The summed E-state index contributed by atoms with van der Waals surface area (Å²) in [7, 11) is 0. The van der Waals surface area contributed by atoms with E-state index < -0.39 is 0 Å². The average molecular weight is 388 g/mol. The van der Waals surface area contributed by atoms with Crippen molar-refractivity contribution in [1.29, 1.82) is 0 Å². The Kier molecular flexibility index (Phi) is 5.73. The summed E-state index contributed by atoms with van der Waals surface area (Å²) in [6.07, 6.45) is 5.77. The van der Waals surface area contributed by atoms with Crippen molar-refractivity contribution in [2.24, 2.45) is 0 Å². The van der Waals surface area contributed by atoms with Gasteiger partial charge in [-0.15, -0.1) is 5.10 Å². The van der Waals surface area contributed by atoms with Crippen LogP contribution < -0.4 is 5.32 Å². The monoisotopic (exact) mass is 387 g/mol. The summed E-state index contributed by atoms with van der Waals surface area (Å²) in [6, 6.07) is 10.5. The van der Waals surface area contributed by atoms with Crippen LogP contribution in [0.5, 0.6) is 0 Å². The number of tetrazole rings is 1. The molecule has 1 atom stereocenters. The molecule has 8 heteroatoms. The standard InChI is InChI=1S/C19H25N5O2S/c25-17(20-14-19(9-5-10-19)15-6-2-1-3-7-15)13-27-18-21-22-23-24(18)12-16-8-4-11-26-16/h1-3,6-7,16H,4-5,8-14H2,(H,20,25). The van der Waals surface area contributed by atoms with Gasteiger partial charge >= 0.3 is 0 Å². The molecule has 7 nitrogen and oxygen atoms in total. The normalized spacial score (nSPS) is 21.0. The predicted molar refractivity (Wildman–Crippen MR) is 102 cm³/mol. The maximum absolute atomic E-state index is 12.4. The van der Waals surface area contributed by atoms with Gasteiger partial charge in [0.1, 0.15) is 0 Å². The van der Waals surface area contributed by atoms with Crippen molar-refractivity contribution in [3.63, 3.8) is 0 Å². The van der Waals surface area contributed by atoms with E-state index in [-0.39, 0.29) is 17.4 Å². The Morgan fingerprint density at radius 3 is 2.85 bits per heavy atom. The lowest BCUT2D eigenvalue weighted by atomic mass is 9.64. The van der Waals surface area contributed by atoms with Gasteiger partial charge in [-0.3, -0.25) is 4.79 Å². The van der Waals surface area contributed by atoms with Gasteiger partial charge < -0.3 is 10.1 Å². The highest BCUT2D eigenvalue weighted by atomic mass is 32.2. The molecule has 1 saturated carbocycles. The van der Waals surface area contributed by atoms with E-state index in [4.69, 9.17) is 4.74 Å². The lowest BCUT2D eigenvalue weighted by Gasteiger charge is -2.42. The number of hydrogen-bond acceptors (Lipinski definition) is 6. The number of aromatic nitrogens is 4. The molecule has 1 aromatic carbocycles. The van der Waals surface area contributed by atoms with Gasteiger partial charge in [0.15, 0.2) is 0 Å². The molecule has 1 amide bonds. The van der Waals surface area contributed by atoms with Crippen LogP contribution in [-0.4, -0.2) is 51.1 Å². The molecule has 1 N–H and O–H groups in total. The molecule has 4 rings (SSSR count). The summed E-state index contributed by atoms with van der Waals surface area (Å²) in [5.41, 5.74) is 1.42. The number of benzene rings is 1. The second-order valence-electron chi connectivity index (χ2n) is 7.34. The number of amides is 1. The highest BCUT2D eigenvalue weighted by molar-refractivity contribution is 7.99. The van der Waals surface area contributed by atoms with Crippen molar-refractivity contribution in [3.05, 3.63) is 35.9 Å². The van der Waals surface area contributed by atoms with Crippen molar-refractivity contribution < 1.29 is 9.53 Å². The second kappa shape index (κ2) is 8.39. The van der Waals surface area contributed by atoms with E-state index in [0.29, 0.717) is 24.0 Å². The number of nitrogens with zero attached hydrogens (tertiary/aromatic N) is 4. The highest BCUT2D eigenvalue weighted by Gasteiger charge is 2.38. The molecular formula is C19H25N5O2S. The smallest absolute Gasteiger partial charge is 0.230 e. The van der Waals surface area contributed by atoms with Gasteiger partial charge in [-0.1, -0.05) is 48.5 Å². The quantitative estimate of drug-likeness (QED) is 0.699. The van der Waals surface area contributed by atoms with E-state index in [0.717, 1.165) is 32.3 Å². The molecular weight excluding hydrogens is 362 g/mol. The second-order valence-corrected chi connectivity index (χ2v) is 8.29. The number of carbonyl (C=O) groups excluding carboxylic acids is 1. The van der Waals surface area contributed by atoms with Crippen LogP contribution in [-0.2, 0) is 21.5 Å². The van der Waals surface area contributed by atoms with Crippen LogP contribution >= 0.6 is 11.8 Å². The maximum Gasteiger partial charge on any atom is 0.230 e. The summed E-state index contributed by atoms with van der Waals surface area (Å²) in [5.74, 6) is 0.338. The van der Waals surface area contributed by atoms with Crippen molar-refractivity contribution in [2.45, 2.75) is 55.3 Å². The third-order valence-electron chi connectivity index (χ3n) is 5.55. The molecule has 1 saturated heterocycles. The molecule has 144 valence electrons. The summed E-state index contributed by atoms with van der Waals surface area (Å²) in [4.78, 5) is 12.4.